The maximum absolute atomic E-state index is 13.5. The minimum atomic E-state index is -0.808. The van der Waals surface area contributed by atoms with E-state index in [9.17, 15) is 19.1 Å². The zero-order valence-corrected chi connectivity index (χ0v) is 20.9. The highest BCUT2D eigenvalue weighted by molar-refractivity contribution is 6.30. The fourth-order valence-electron chi connectivity index (χ4n) is 4.14. The number of benzene rings is 2. The second kappa shape index (κ2) is 11.2. The first kappa shape index (κ1) is 25.6. The zero-order chi connectivity index (χ0) is 26.6. The number of amides is 2. The zero-order valence-electron chi connectivity index (χ0n) is 20.2. The van der Waals surface area contributed by atoms with E-state index >= 15 is 0 Å². The molecule has 3 aromatic rings. The first-order chi connectivity index (χ1) is 18.3. The highest BCUT2D eigenvalue weighted by Gasteiger charge is 2.38. The minimum absolute atomic E-state index is 0.0801. The van der Waals surface area contributed by atoms with Crippen molar-refractivity contribution >= 4 is 35.1 Å². The molecule has 9 nitrogen and oxygen atoms in total. The molecule has 0 bridgehead atoms. The lowest BCUT2D eigenvalue weighted by Gasteiger charge is -2.35. The maximum atomic E-state index is 13.5. The van der Waals surface area contributed by atoms with Crippen LogP contribution in [0.1, 0.15) is 18.4 Å². The Morgan fingerprint density at radius 2 is 1.84 bits per heavy atom. The minimum Gasteiger partial charge on any atom is -0.439 e. The van der Waals surface area contributed by atoms with Crippen molar-refractivity contribution in [1.29, 1.82) is 0 Å². The van der Waals surface area contributed by atoms with Crippen molar-refractivity contribution in [3.63, 3.8) is 0 Å². The molecular weight excluding hydrogens is 513 g/mol. The lowest BCUT2D eigenvalue weighted by atomic mass is 9.81. The lowest BCUT2D eigenvalue weighted by molar-refractivity contribution is -0.138. The van der Waals surface area contributed by atoms with E-state index in [0.717, 1.165) is 11.8 Å². The fourth-order valence-corrected chi connectivity index (χ4v) is 4.27. The molecule has 2 amide bonds. The van der Waals surface area contributed by atoms with Gasteiger partial charge in [0.15, 0.2) is 0 Å². The molecule has 1 atom stereocenters. The number of ether oxygens (including phenoxy) is 1. The molecular formula is C27H25ClFN5O4. The summed E-state index contributed by atoms with van der Waals surface area (Å²) in [4.78, 5) is 35.9. The van der Waals surface area contributed by atoms with Gasteiger partial charge in [-0.25, -0.2) is 14.4 Å². The number of aliphatic imine (C=N–C) groups is 1. The summed E-state index contributed by atoms with van der Waals surface area (Å²) in [7, 11) is 0. The molecule has 38 heavy (non-hydrogen) atoms. The Hall–Kier alpha value is -4.02. The third-order valence-corrected chi connectivity index (χ3v) is 6.58. The number of aliphatic hydroxyl groups is 1. The molecule has 1 aliphatic carbocycles. The Labute approximate surface area is 223 Å². The molecule has 196 valence electrons. The van der Waals surface area contributed by atoms with E-state index in [1.165, 1.54) is 17.0 Å². The van der Waals surface area contributed by atoms with Gasteiger partial charge in [0.2, 0.25) is 17.7 Å². The molecule has 1 saturated carbocycles. The van der Waals surface area contributed by atoms with E-state index in [2.05, 4.69) is 20.6 Å². The molecule has 0 saturated heterocycles. The first-order valence-electron chi connectivity index (χ1n) is 12.1. The number of guanidine groups is 1. The van der Waals surface area contributed by atoms with Crippen LogP contribution >= 0.6 is 11.6 Å². The van der Waals surface area contributed by atoms with Gasteiger partial charge >= 0.3 is 0 Å². The Balaban J connectivity index is 1.30. The van der Waals surface area contributed by atoms with E-state index in [0.29, 0.717) is 35.3 Å². The third-order valence-electron chi connectivity index (χ3n) is 6.33. The standard InChI is InChI=1S/C27H25ClFN5O4/c28-18-3-1-16(2-4-18)15-34-26(37)23(33-25(36)17-11-21(35)12-17)14-31-27(34)32-20-6-8-22(9-7-20)38-24-10-5-19(29)13-30-24/h1-10,13,17,21,23,35H,11-12,14-15H2,(H,31,32)(H,33,36). The number of hydrogen-bond donors (Lipinski definition) is 3. The number of rotatable bonds is 7. The van der Waals surface area contributed by atoms with Crippen LogP contribution in [0.5, 0.6) is 11.6 Å². The van der Waals surface area contributed by atoms with E-state index in [1.807, 2.05) is 12.1 Å². The molecule has 1 aromatic heterocycles. The molecule has 11 heteroatoms. The molecule has 0 spiro atoms. The molecule has 5 rings (SSSR count). The van der Waals surface area contributed by atoms with E-state index in [-0.39, 0.29) is 36.7 Å². The van der Waals surface area contributed by atoms with Crippen LogP contribution in [0.15, 0.2) is 71.9 Å². The largest absolute Gasteiger partial charge is 0.439 e. The van der Waals surface area contributed by atoms with Crippen LogP contribution in [-0.4, -0.2) is 51.5 Å². The van der Waals surface area contributed by atoms with Crippen molar-refractivity contribution in [3.05, 3.63) is 83.3 Å². The van der Waals surface area contributed by atoms with Crippen molar-refractivity contribution in [2.45, 2.75) is 31.5 Å². The number of carbonyl (C=O) groups excluding carboxylic acids is 2. The van der Waals surface area contributed by atoms with Crippen LogP contribution in [0.25, 0.3) is 0 Å². The molecule has 2 aliphatic rings. The van der Waals surface area contributed by atoms with Gasteiger partial charge < -0.3 is 20.5 Å². The predicted octanol–water partition coefficient (Wildman–Crippen LogP) is 3.73. The van der Waals surface area contributed by atoms with Crippen molar-refractivity contribution in [2.75, 3.05) is 11.9 Å². The molecule has 1 unspecified atom stereocenters. The third kappa shape index (κ3) is 6.09. The number of anilines is 1. The van der Waals surface area contributed by atoms with E-state index in [4.69, 9.17) is 16.3 Å². The van der Waals surface area contributed by atoms with Crippen LogP contribution in [0.4, 0.5) is 10.1 Å². The Kier molecular flexibility index (Phi) is 7.52. The summed E-state index contributed by atoms with van der Waals surface area (Å²) in [5.41, 5.74) is 1.49. The summed E-state index contributed by atoms with van der Waals surface area (Å²) in [5.74, 6) is -0.205. The quantitative estimate of drug-likeness (QED) is 0.423. The SMILES string of the molecule is O=C(NC1CN=C(Nc2ccc(Oc3ccc(F)cn3)cc2)N(Cc2ccc(Cl)cc2)C1=O)C1CC(O)C1. The maximum Gasteiger partial charge on any atom is 0.254 e. The molecule has 3 N–H and O–H groups in total. The highest BCUT2D eigenvalue weighted by atomic mass is 35.5. The van der Waals surface area contributed by atoms with Crippen molar-refractivity contribution in [1.82, 2.24) is 15.2 Å². The summed E-state index contributed by atoms with van der Waals surface area (Å²) >= 11 is 6.02. The van der Waals surface area contributed by atoms with Crippen LogP contribution in [-0.2, 0) is 16.1 Å². The number of carbonyl (C=O) groups is 2. The topological polar surface area (TPSA) is 116 Å². The van der Waals surface area contributed by atoms with Gasteiger partial charge in [-0.2, -0.15) is 0 Å². The summed E-state index contributed by atoms with van der Waals surface area (Å²) in [6, 6.07) is 15.9. The van der Waals surface area contributed by atoms with Crippen LogP contribution in [0, 0.1) is 11.7 Å². The summed E-state index contributed by atoms with van der Waals surface area (Å²) in [6.07, 6.45) is 1.40. The number of aliphatic hydroxyl groups excluding tert-OH is 1. The molecule has 0 radical (unpaired) electrons. The monoisotopic (exact) mass is 537 g/mol. The predicted molar refractivity (Wildman–Crippen MR) is 139 cm³/mol. The number of aromatic nitrogens is 1. The Bertz CT molecular complexity index is 1330. The Morgan fingerprint density at radius 1 is 1.11 bits per heavy atom. The number of pyridine rings is 1. The summed E-state index contributed by atoms with van der Waals surface area (Å²) in [6.45, 7) is 0.296. The van der Waals surface area contributed by atoms with Crippen molar-refractivity contribution in [3.8, 4) is 11.6 Å². The Morgan fingerprint density at radius 3 is 2.50 bits per heavy atom. The van der Waals surface area contributed by atoms with Crippen LogP contribution < -0.4 is 15.4 Å². The number of halogens is 2. The number of nitrogens with zero attached hydrogens (tertiary/aromatic N) is 3. The van der Waals surface area contributed by atoms with Gasteiger partial charge in [0, 0.05) is 22.7 Å². The molecule has 1 fully saturated rings. The van der Waals surface area contributed by atoms with Crippen LogP contribution in [0.3, 0.4) is 0 Å². The number of hydrogen-bond acceptors (Lipinski definition) is 7. The molecule has 2 heterocycles. The summed E-state index contributed by atoms with van der Waals surface area (Å²) in [5, 5.41) is 16.1. The molecule has 2 aromatic carbocycles. The highest BCUT2D eigenvalue weighted by Crippen LogP contribution is 2.28. The van der Waals surface area contributed by atoms with E-state index < -0.39 is 18.0 Å². The van der Waals surface area contributed by atoms with Crippen LogP contribution in [0.2, 0.25) is 5.02 Å². The normalized spacial score (nSPS) is 20.8. The van der Waals surface area contributed by atoms with Crippen molar-refractivity contribution in [2.24, 2.45) is 10.9 Å². The fraction of sp³-hybridized carbons (Fsp3) is 0.259. The first-order valence-corrected chi connectivity index (χ1v) is 12.5. The van der Waals surface area contributed by atoms with Gasteiger partial charge in [0.1, 0.15) is 17.6 Å². The average Bonchev–Trinajstić information content (AvgIpc) is 2.89. The summed E-state index contributed by atoms with van der Waals surface area (Å²) < 4.78 is 18.7. The van der Waals surface area contributed by atoms with Gasteiger partial charge in [-0.3, -0.25) is 14.5 Å². The number of nitrogens with one attached hydrogen (secondary N) is 2. The lowest BCUT2D eigenvalue weighted by Crippen LogP contribution is -2.58. The van der Waals surface area contributed by atoms with E-state index in [1.54, 1.807) is 36.4 Å². The van der Waals surface area contributed by atoms with Gasteiger partial charge in [0.05, 0.1) is 25.4 Å². The smallest absolute Gasteiger partial charge is 0.254 e. The van der Waals surface area contributed by atoms with Gasteiger partial charge in [-0.15, -0.1) is 0 Å². The van der Waals surface area contributed by atoms with Gasteiger partial charge in [0.25, 0.3) is 5.91 Å². The second-order valence-electron chi connectivity index (χ2n) is 9.16. The average molecular weight is 538 g/mol. The molecule has 1 aliphatic heterocycles. The van der Waals surface area contributed by atoms with Gasteiger partial charge in [-0.1, -0.05) is 23.7 Å². The van der Waals surface area contributed by atoms with Crippen molar-refractivity contribution < 1.29 is 23.8 Å². The second-order valence-corrected chi connectivity index (χ2v) is 9.60. The van der Waals surface area contributed by atoms with Gasteiger partial charge in [-0.05, 0) is 60.9 Å².